The summed E-state index contributed by atoms with van der Waals surface area (Å²) in [4.78, 5) is 20.5. The Morgan fingerprint density at radius 2 is 1.79 bits per heavy atom. The molecule has 0 aromatic heterocycles. The van der Waals surface area contributed by atoms with Gasteiger partial charge in [-0.1, -0.05) is 12.1 Å². The predicted octanol–water partition coefficient (Wildman–Crippen LogP) is 3.87. The molecule has 2 aromatic rings. The van der Waals surface area contributed by atoms with Gasteiger partial charge in [0.25, 0.3) is 0 Å². The largest absolute Gasteiger partial charge is 0.493 e. The first-order valence-corrected chi connectivity index (χ1v) is 14.1. The van der Waals surface area contributed by atoms with E-state index < -0.39 is 0 Å². The molecule has 7 nitrogen and oxygen atoms in total. The summed E-state index contributed by atoms with van der Waals surface area (Å²) in [5.74, 6) is 3.00. The Balaban J connectivity index is 1.29. The van der Waals surface area contributed by atoms with Gasteiger partial charge < -0.3 is 24.0 Å². The lowest BCUT2D eigenvalue weighted by molar-refractivity contribution is -0.137. The molecule has 0 bridgehead atoms. The fourth-order valence-corrected chi connectivity index (χ4v) is 6.44. The van der Waals surface area contributed by atoms with Crippen molar-refractivity contribution >= 4 is 5.91 Å². The number of piperidine rings is 1. The SMILES string of the molecule is COc1ccc(CN2C[C@@H](COc3ccc4c(c3)CCC4)C[C@@H](C(=O)N3CCC(N(C)C)C3)C2)cc1OC. The summed E-state index contributed by atoms with van der Waals surface area (Å²) in [6.07, 6.45) is 5.48. The maximum Gasteiger partial charge on any atom is 0.227 e. The second-order valence-electron chi connectivity index (χ2n) is 11.5. The third-order valence-electron chi connectivity index (χ3n) is 8.58. The van der Waals surface area contributed by atoms with Crippen LogP contribution in [-0.2, 0) is 24.2 Å². The highest BCUT2D eigenvalue weighted by Gasteiger charge is 2.37. The summed E-state index contributed by atoms with van der Waals surface area (Å²) in [7, 11) is 7.54. The molecule has 2 saturated heterocycles. The molecule has 2 heterocycles. The molecule has 0 saturated carbocycles. The number of carbonyl (C=O) groups is 1. The molecular formula is C31H43N3O4. The fourth-order valence-electron chi connectivity index (χ4n) is 6.44. The summed E-state index contributed by atoms with van der Waals surface area (Å²) in [6, 6.07) is 13.1. The molecule has 3 atom stereocenters. The Kier molecular flexibility index (Phi) is 8.44. The maximum atomic E-state index is 13.7. The number of benzene rings is 2. The van der Waals surface area contributed by atoms with E-state index in [4.69, 9.17) is 14.2 Å². The first-order valence-electron chi connectivity index (χ1n) is 14.1. The fraction of sp³-hybridized carbons (Fsp3) is 0.581. The van der Waals surface area contributed by atoms with Crippen LogP contribution in [0.3, 0.4) is 0 Å². The second-order valence-corrected chi connectivity index (χ2v) is 11.5. The topological polar surface area (TPSA) is 54.5 Å². The van der Waals surface area contributed by atoms with Crippen molar-refractivity contribution in [3.8, 4) is 17.2 Å². The summed E-state index contributed by atoms with van der Waals surface area (Å²) >= 11 is 0. The number of rotatable bonds is 9. The van der Waals surface area contributed by atoms with E-state index in [0.29, 0.717) is 24.5 Å². The highest BCUT2D eigenvalue weighted by atomic mass is 16.5. The minimum Gasteiger partial charge on any atom is -0.493 e. The average Bonchev–Trinajstić information content (AvgIpc) is 3.61. The zero-order chi connectivity index (χ0) is 26.6. The molecule has 7 heteroatoms. The summed E-state index contributed by atoms with van der Waals surface area (Å²) in [5.41, 5.74) is 4.05. The molecule has 2 aliphatic heterocycles. The minimum absolute atomic E-state index is 0.0153. The van der Waals surface area contributed by atoms with E-state index in [2.05, 4.69) is 53.1 Å². The van der Waals surface area contributed by atoms with Crippen molar-refractivity contribution in [1.29, 1.82) is 0 Å². The van der Waals surface area contributed by atoms with Gasteiger partial charge in [0.15, 0.2) is 11.5 Å². The second kappa shape index (κ2) is 12.0. The van der Waals surface area contributed by atoms with Gasteiger partial charge in [-0.05, 0) is 87.2 Å². The van der Waals surface area contributed by atoms with Crippen molar-refractivity contribution in [3.05, 3.63) is 53.1 Å². The average molecular weight is 522 g/mol. The van der Waals surface area contributed by atoms with Crippen molar-refractivity contribution in [2.75, 3.05) is 61.1 Å². The Bertz CT molecular complexity index is 1120. The molecule has 5 rings (SSSR count). The third-order valence-corrected chi connectivity index (χ3v) is 8.58. The van der Waals surface area contributed by atoms with Crippen LogP contribution in [0, 0.1) is 11.8 Å². The molecule has 2 fully saturated rings. The number of amides is 1. The number of hydrogen-bond acceptors (Lipinski definition) is 6. The number of nitrogens with zero attached hydrogens (tertiary/aromatic N) is 3. The molecule has 0 N–H and O–H groups in total. The predicted molar refractivity (Wildman–Crippen MR) is 149 cm³/mol. The van der Waals surface area contributed by atoms with Crippen LogP contribution >= 0.6 is 0 Å². The Labute approximate surface area is 227 Å². The molecule has 2 aromatic carbocycles. The van der Waals surface area contributed by atoms with E-state index in [0.717, 1.165) is 74.8 Å². The normalized spacial score (nSPS) is 23.5. The maximum absolute atomic E-state index is 13.7. The van der Waals surface area contributed by atoms with Crippen molar-refractivity contribution in [1.82, 2.24) is 14.7 Å². The van der Waals surface area contributed by atoms with Crippen molar-refractivity contribution in [2.45, 2.75) is 44.7 Å². The van der Waals surface area contributed by atoms with E-state index in [1.807, 2.05) is 12.1 Å². The number of carbonyl (C=O) groups excluding carboxylic acids is 1. The Hall–Kier alpha value is -2.77. The number of fused-ring (bicyclic) bond motifs is 1. The molecular weight excluding hydrogens is 478 g/mol. The smallest absolute Gasteiger partial charge is 0.227 e. The summed E-state index contributed by atoms with van der Waals surface area (Å²) in [5, 5.41) is 0. The van der Waals surface area contributed by atoms with Crippen LogP contribution in [0.25, 0.3) is 0 Å². The zero-order valence-electron chi connectivity index (χ0n) is 23.4. The molecule has 3 aliphatic rings. The first-order chi connectivity index (χ1) is 18.4. The molecule has 38 heavy (non-hydrogen) atoms. The Morgan fingerprint density at radius 1 is 0.974 bits per heavy atom. The van der Waals surface area contributed by atoms with Crippen LogP contribution in [-0.4, -0.2) is 87.7 Å². The standard InChI is InChI=1S/C31H43N3O4/c1-32(2)27-12-13-34(20-27)31(35)26-14-23(21-38-28-10-9-24-6-5-7-25(24)16-28)18-33(19-26)17-22-8-11-29(36-3)30(15-22)37-4/h8-11,15-16,23,26-27H,5-7,12-14,17-21H2,1-4H3/t23-,26+,27?/m0/s1. The number of methoxy groups -OCH3 is 2. The summed E-state index contributed by atoms with van der Waals surface area (Å²) in [6.45, 7) is 4.75. The van der Waals surface area contributed by atoms with Crippen LogP contribution in [0.15, 0.2) is 36.4 Å². The van der Waals surface area contributed by atoms with Gasteiger partial charge in [-0.2, -0.15) is 0 Å². The monoisotopic (exact) mass is 521 g/mol. The molecule has 1 amide bonds. The van der Waals surface area contributed by atoms with Gasteiger partial charge in [-0.25, -0.2) is 0 Å². The van der Waals surface area contributed by atoms with Crippen LogP contribution in [0.5, 0.6) is 17.2 Å². The highest BCUT2D eigenvalue weighted by Crippen LogP contribution is 2.32. The number of hydrogen-bond donors (Lipinski definition) is 0. The van der Waals surface area contributed by atoms with Crippen molar-refractivity contribution in [3.63, 3.8) is 0 Å². The van der Waals surface area contributed by atoms with Gasteiger partial charge in [0, 0.05) is 44.7 Å². The lowest BCUT2D eigenvalue weighted by Crippen LogP contribution is -2.48. The quantitative estimate of drug-likeness (QED) is 0.499. The zero-order valence-corrected chi connectivity index (χ0v) is 23.4. The summed E-state index contributed by atoms with van der Waals surface area (Å²) < 4.78 is 17.3. The molecule has 1 unspecified atom stereocenters. The van der Waals surface area contributed by atoms with Crippen LogP contribution < -0.4 is 14.2 Å². The van der Waals surface area contributed by atoms with Gasteiger partial charge in [-0.3, -0.25) is 9.69 Å². The van der Waals surface area contributed by atoms with Gasteiger partial charge in [0.1, 0.15) is 5.75 Å². The molecule has 0 spiro atoms. The number of likely N-dealkylation sites (N-methyl/N-ethyl adjacent to an activating group) is 1. The van der Waals surface area contributed by atoms with E-state index in [9.17, 15) is 4.79 Å². The highest BCUT2D eigenvalue weighted by molar-refractivity contribution is 5.79. The van der Waals surface area contributed by atoms with Crippen LogP contribution in [0.1, 0.15) is 36.0 Å². The van der Waals surface area contributed by atoms with E-state index in [1.165, 1.54) is 24.0 Å². The van der Waals surface area contributed by atoms with Gasteiger partial charge >= 0.3 is 0 Å². The van der Waals surface area contributed by atoms with Crippen molar-refractivity contribution < 1.29 is 19.0 Å². The first kappa shape index (κ1) is 26.8. The van der Waals surface area contributed by atoms with Crippen LogP contribution in [0.2, 0.25) is 0 Å². The van der Waals surface area contributed by atoms with E-state index in [1.54, 1.807) is 14.2 Å². The van der Waals surface area contributed by atoms with Gasteiger partial charge in [0.2, 0.25) is 5.91 Å². The third kappa shape index (κ3) is 6.10. The minimum atomic E-state index is -0.0153. The number of likely N-dealkylation sites (tertiary alicyclic amines) is 2. The lowest BCUT2D eigenvalue weighted by Gasteiger charge is -2.38. The van der Waals surface area contributed by atoms with Gasteiger partial charge in [0.05, 0.1) is 26.7 Å². The molecule has 1 aliphatic carbocycles. The number of aryl methyl sites for hydroxylation is 2. The van der Waals surface area contributed by atoms with Crippen LogP contribution in [0.4, 0.5) is 0 Å². The lowest BCUT2D eigenvalue weighted by atomic mass is 9.88. The van der Waals surface area contributed by atoms with Gasteiger partial charge in [-0.15, -0.1) is 0 Å². The molecule has 206 valence electrons. The van der Waals surface area contributed by atoms with E-state index >= 15 is 0 Å². The van der Waals surface area contributed by atoms with E-state index in [-0.39, 0.29) is 5.92 Å². The van der Waals surface area contributed by atoms with Crippen molar-refractivity contribution in [2.24, 2.45) is 11.8 Å². The Morgan fingerprint density at radius 3 is 2.55 bits per heavy atom. The number of ether oxygens (including phenoxy) is 3. The molecule has 0 radical (unpaired) electrons.